The Hall–Kier alpha value is -2.92. The maximum atomic E-state index is 12.6. The van der Waals surface area contributed by atoms with Crippen molar-refractivity contribution in [2.75, 3.05) is 5.73 Å². The van der Waals surface area contributed by atoms with Gasteiger partial charge in [-0.25, -0.2) is 9.78 Å². The average molecular weight is 417 g/mol. The number of fused-ring (bicyclic) bond motifs is 1. The number of oxime groups is 1. The summed E-state index contributed by atoms with van der Waals surface area (Å²) in [4.78, 5) is 28.3. The van der Waals surface area contributed by atoms with Crippen LogP contribution in [0.5, 0.6) is 5.75 Å². The first-order valence-corrected chi connectivity index (χ1v) is 9.93. The Morgan fingerprint density at radius 2 is 2.21 bits per heavy atom. The molecule has 5 N–H and O–H groups in total. The number of aryl methyl sites for hydroxylation is 1. The van der Waals surface area contributed by atoms with Crippen LogP contribution < -0.4 is 10.4 Å². The molecule has 2 aromatic rings. The van der Waals surface area contributed by atoms with Gasteiger partial charge in [0, 0.05) is 17.6 Å². The fraction of sp³-hybridized carbons (Fsp3) is 0.333. The molecular weight excluding hydrogens is 397 g/mol. The van der Waals surface area contributed by atoms with Crippen molar-refractivity contribution in [1.29, 1.82) is 0 Å². The molecule has 0 unspecified atom stereocenters. The van der Waals surface area contributed by atoms with Crippen molar-refractivity contribution in [2.45, 2.75) is 38.4 Å². The van der Waals surface area contributed by atoms with Crippen LogP contribution in [0.4, 0.5) is 5.13 Å². The van der Waals surface area contributed by atoms with E-state index in [-0.39, 0.29) is 40.7 Å². The van der Waals surface area contributed by atoms with Gasteiger partial charge in [0.15, 0.2) is 16.6 Å². The summed E-state index contributed by atoms with van der Waals surface area (Å²) in [5.74, 6) is -2.15. The lowest BCUT2D eigenvalue weighted by Crippen LogP contribution is -2.37. The molecule has 1 atom stereocenters. The van der Waals surface area contributed by atoms with Gasteiger partial charge in [0.25, 0.3) is 0 Å². The monoisotopic (exact) mass is 417 g/mol. The number of hydrogen-bond acceptors (Lipinski definition) is 9. The third kappa shape index (κ3) is 4.25. The molecule has 11 heteroatoms. The number of carboxylic acids is 1. The fourth-order valence-electron chi connectivity index (χ4n) is 3.43. The van der Waals surface area contributed by atoms with Crippen LogP contribution >= 0.6 is 11.3 Å². The number of hydrogen-bond donors (Lipinski definition) is 4. The lowest BCUT2D eigenvalue weighted by atomic mass is 9.64. The van der Waals surface area contributed by atoms with Crippen molar-refractivity contribution in [1.82, 2.24) is 4.98 Å². The van der Waals surface area contributed by atoms with E-state index in [0.29, 0.717) is 17.5 Å². The number of aromatic nitrogens is 1. The predicted molar refractivity (Wildman–Crippen MR) is 108 cm³/mol. The van der Waals surface area contributed by atoms with Crippen molar-refractivity contribution in [3.05, 3.63) is 39.9 Å². The largest absolute Gasteiger partial charge is 0.535 e. The molecule has 0 saturated carbocycles. The topological polar surface area (TPSA) is 155 Å². The van der Waals surface area contributed by atoms with E-state index in [2.05, 4.69) is 10.1 Å². The van der Waals surface area contributed by atoms with Gasteiger partial charge in [-0.1, -0.05) is 30.6 Å². The lowest BCUT2D eigenvalue weighted by molar-refractivity contribution is -0.113. The van der Waals surface area contributed by atoms with E-state index >= 15 is 0 Å². The van der Waals surface area contributed by atoms with Gasteiger partial charge in [-0.2, -0.15) is 0 Å². The lowest BCUT2D eigenvalue weighted by Gasteiger charge is -2.29. The quantitative estimate of drug-likeness (QED) is 0.231. The summed E-state index contributed by atoms with van der Waals surface area (Å²) < 4.78 is 5.53. The second kappa shape index (κ2) is 8.62. The molecule has 0 saturated heterocycles. The maximum Gasteiger partial charge on any atom is 0.526 e. The summed E-state index contributed by atoms with van der Waals surface area (Å²) in [6.45, 7) is 1.94. The van der Waals surface area contributed by atoms with Crippen molar-refractivity contribution in [3.8, 4) is 5.75 Å². The molecule has 0 spiro atoms. The zero-order valence-corrected chi connectivity index (χ0v) is 16.5. The summed E-state index contributed by atoms with van der Waals surface area (Å²) in [6.07, 6.45) is 1.41. The molecule has 29 heavy (non-hydrogen) atoms. The van der Waals surface area contributed by atoms with Gasteiger partial charge < -0.3 is 25.7 Å². The normalized spacial score (nSPS) is 16.3. The molecule has 152 valence electrons. The van der Waals surface area contributed by atoms with Crippen molar-refractivity contribution in [3.63, 3.8) is 0 Å². The van der Waals surface area contributed by atoms with Crippen molar-refractivity contribution < 1.29 is 29.6 Å². The summed E-state index contributed by atoms with van der Waals surface area (Å²) in [5, 5.41) is 34.0. The van der Waals surface area contributed by atoms with Crippen LogP contribution in [0.25, 0.3) is 0 Å². The van der Waals surface area contributed by atoms with E-state index in [1.807, 2.05) is 6.92 Å². The third-order valence-corrected chi connectivity index (χ3v) is 5.43. The average Bonchev–Trinajstić information content (AvgIpc) is 3.09. The summed E-state index contributed by atoms with van der Waals surface area (Å²) in [5.41, 5.74) is 6.74. The highest BCUT2D eigenvalue weighted by Gasteiger charge is 2.39. The van der Waals surface area contributed by atoms with Crippen LogP contribution in [-0.4, -0.2) is 44.9 Å². The first kappa shape index (κ1) is 20.8. The molecular formula is C18H20BN3O6S. The highest BCUT2D eigenvalue weighted by atomic mass is 32.1. The van der Waals surface area contributed by atoms with Gasteiger partial charge in [-0.15, -0.1) is 11.3 Å². The number of anilines is 1. The third-order valence-electron chi connectivity index (χ3n) is 4.76. The van der Waals surface area contributed by atoms with Crippen LogP contribution in [0.15, 0.2) is 22.7 Å². The van der Waals surface area contributed by atoms with E-state index < -0.39 is 24.7 Å². The van der Waals surface area contributed by atoms with Crippen molar-refractivity contribution in [2.24, 2.45) is 5.16 Å². The van der Waals surface area contributed by atoms with E-state index in [0.717, 1.165) is 17.8 Å². The Balaban J connectivity index is 1.84. The minimum absolute atomic E-state index is 0.0451. The molecule has 9 nitrogen and oxygen atoms in total. The molecule has 0 radical (unpaired) electrons. The molecule has 0 fully saturated rings. The SMILES string of the molecule is CCCc1ccc2c(c1C(=O)O)OB(O)[C@@H](CC(=O)/C(=N\O)c1csc(N)n1)C2. The number of aromatic carboxylic acids is 1. The highest BCUT2D eigenvalue weighted by molar-refractivity contribution is 7.13. The van der Waals surface area contributed by atoms with Crippen LogP contribution in [-0.2, 0) is 17.6 Å². The fourth-order valence-corrected chi connectivity index (χ4v) is 3.98. The maximum absolute atomic E-state index is 12.6. The van der Waals surface area contributed by atoms with Gasteiger partial charge in [0.2, 0.25) is 0 Å². The Kier molecular flexibility index (Phi) is 6.19. The standard InChI is InChI=1S/C18H20BN3O6S/c1-2-3-9-4-5-10-6-11(19(26)28-16(10)14(9)17(24)25)7-13(23)15(22-27)12-8-29-18(20)21-12/h4-5,8,11,26-27H,2-3,6-7H2,1H3,(H2,20,21)(H,24,25)/b22-15-/t11-/m1/s1. The van der Waals surface area contributed by atoms with Crippen LogP contribution in [0, 0.1) is 0 Å². The minimum Gasteiger partial charge on any atom is -0.535 e. The molecule has 1 aromatic heterocycles. The zero-order chi connectivity index (χ0) is 21.1. The molecule has 1 aromatic carbocycles. The number of carbonyl (C=O) groups is 2. The van der Waals surface area contributed by atoms with Crippen LogP contribution in [0.2, 0.25) is 5.82 Å². The van der Waals surface area contributed by atoms with E-state index in [9.17, 15) is 24.9 Å². The number of nitrogens with zero attached hydrogens (tertiary/aromatic N) is 2. The number of rotatable bonds is 7. The highest BCUT2D eigenvalue weighted by Crippen LogP contribution is 2.38. The van der Waals surface area contributed by atoms with Gasteiger partial charge in [-0.05, 0) is 24.0 Å². The van der Waals surface area contributed by atoms with Crippen LogP contribution in [0.1, 0.15) is 46.9 Å². The molecule has 3 rings (SSSR count). The Labute approximate surface area is 171 Å². The predicted octanol–water partition coefficient (Wildman–Crippen LogP) is 2.00. The number of carbonyl (C=O) groups excluding carboxylic acids is 1. The van der Waals surface area contributed by atoms with E-state index in [4.69, 9.17) is 10.4 Å². The smallest absolute Gasteiger partial charge is 0.526 e. The van der Waals surface area contributed by atoms with Gasteiger partial charge in [0.05, 0.1) is 0 Å². The van der Waals surface area contributed by atoms with Crippen molar-refractivity contribution >= 4 is 41.1 Å². The first-order valence-electron chi connectivity index (χ1n) is 9.05. The first-order chi connectivity index (χ1) is 13.8. The molecule has 0 aliphatic carbocycles. The summed E-state index contributed by atoms with van der Waals surface area (Å²) in [6, 6.07) is 3.50. The molecule has 0 bridgehead atoms. The minimum atomic E-state index is -1.37. The van der Waals surface area contributed by atoms with Gasteiger partial charge >= 0.3 is 13.1 Å². The Bertz CT molecular complexity index is 977. The number of nitrogens with two attached hydrogens (primary N) is 1. The Morgan fingerprint density at radius 1 is 1.45 bits per heavy atom. The second-order valence-electron chi connectivity index (χ2n) is 6.76. The number of benzene rings is 1. The molecule has 1 aliphatic rings. The molecule has 1 aliphatic heterocycles. The summed E-state index contributed by atoms with van der Waals surface area (Å²) >= 11 is 1.11. The number of carboxylic acid groups (broad SMARTS) is 1. The van der Waals surface area contributed by atoms with Gasteiger partial charge in [-0.3, -0.25) is 4.79 Å². The summed E-state index contributed by atoms with van der Waals surface area (Å²) in [7, 11) is -1.37. The molecule has 0 amide bonds. The number of thiazole rings is 1. The molecule has 2 heterocycles. The van der Waals surface area contributed by atoms with Gasteiger partial charge in [0.1, 0.15) is 17.0 Å². The number of nitrogen functional groups attached to an aromatic ring is 1. The van der Waals surface area contributed by atoms with Crippen LogP contribution in [0.3, 0.4) is 0 Å². The van der Waals surface area contributed by atoms with E-state index in [1.165, 1.54) is 5.38 Å². The zero-order valence-electron chi connectivity index (χ0n) is 15.7. The number of Topliss-reactive ketones (excluding diaryl/α,β-unsaturated/α-hetero) is 1. The Morgan fingerprint density at radius 3 is 2.79 bits per heavy atom. The van der Waals surface area contributed by atoms with E-state index in [1.54, 1.807) is 12.1 Å². The second-order valence-corrected chi connectivity index (χ2v) is 7.65. The number of ketones is 1.